The monoisotopic (exact) mass is 252 g/mol. The lowest BCUT2D eigenvalue weighted by molar-refractivity contribution is 0.172. The molecular weight excluding hydrogens is 232 g/mol. The SMILES string of the molecule is CC(CCO)CNc1cc2c(cc1N)OCCO2. The molecule has 0 amide bonds. The number of fused-ring (bicyclic) bond motifs is 1. The molecule has 1 aromatic carbocycles. The smallest absolute Gasteiger partial charge is 0.163 e. The Labute approximate surface area is 107 Å². The van der Waals surface area contributed by atoms with E-state index in [9.17, 15) is 0 Å². The van der Waals surface area contributed by atoms with Crippen molar-refractivity contribution in [2.24, 2.45) is 5.92 Å². The third-order valence-electron chi connectivity index (χ3n) is 2.98. The van der Waals surface area contributed by atoms with E-state index in [4.69, 9.17) is 20.3 Å². The zero-order valence-electron chi connectivity index (χ0n) is 10.6. The number of aliphatic hydroxyl groups is 1. The van der Waals surface area contributed by atoms with Gasteiger partial charge in [-0.3, -0.25) is 0 Å². The Balaban J connectivity index is 2.04. The van der Waals surface area contributed by atoms with Crippen molar-refractivity contribution >= 4 is 11.4 Å². The Morgan fingerprint density at radius 1 is 1.33 bits per heavy atom. The molecular formula is C13H20N2O3. The Kier molecular flexibility index (Phi) is 4.15. The fourth-order valence-electron chi connectivity index (χ4n) is 1.86. The first-order valence-electron chi connectivity index (χ1n) is 6.24. The van der Waals surface area contributed by atoms with Crippen LogP contribution in [0.25, 0.3) is 0 Å². The van der Waals surface area contributed by atoms with Crippen LogP contribution in [0.15, 0.2) is 12.1 Å². The fourth-order valence-corrected chi connectivity index (χ4v) is 1.86. The Morgan fingerprint density at radius 3 is 2.67 bits per heavy atom. The van der Waals surface area contributed by atoms with E-state index >= 15 is 0 Å². The molecule has 0 spiro atoms. The van der Waals surface area contributed by atoms with Crippen molar-refractivity contribution in [1.82, 2.24) is 0 Å². The van der Waals surface area contributed by atoms with Gasteiger partial charge in [0.15, 0.2) is 11.5 Å². The summed E-state index contributed by atoms with van der Waals surface area (Å²) in [5.74, 6) is 1.82. The second-order valence-electron chi connectivity index (χ2n) is 4.58. The molecule has 1 unspecified atom stereocenters. The highest BCUT2D eigenvalue weighted by atomic mass is 16.6. The average Bonchev–Trinajstić information content (AvgIpc) is 2.36. The summed E-state index contributed by atoms with van der Waals surface area (Å²) >= 11 is 0. The highest BCUT2D eigenvalue weighted by Gasteiger charge is 2.14. The first kappa shape index (κ1) is 12.8. The van der Waals surface area contributed by atoms with Gasteiger partial charge in [0.2, 0.25) is 0 Å². The van der Waals surface area contributed by atoms with Gasteiger partial charge in [0.25, 0.3) is 0 Å². The molecule has 1 atom stereocenters. The standard InChI is InChI=1S/C13H20N2O3/c1-9(2-3-16)8-15-11-7-13-12(6-10(11)14)17-4-5-18-13/h6-7,9,15-16H,2-5,8,14H2,1H3. The number of hydrogen-bond donors (Lipinski definition) is 3. The van der Waals surface area contributed by atoms with E-state index in [1.807, 2.05) is 6.07 Å². The van der Waals surface area contributed by atoms with Gasteiger partial charge in [-0.15, -0.1) is 0 Å². The first-order valence-corrected chi connectivity index (χ1v) is 6.24. The van der Waals surface area contributed by atoms with Crippen LogP contribution < -0.4 is 20.5 Å². The van der Waals surface area contributed by atoms with Crippen LogP contribution in [0.5, 0.6) is 11.5 Å². The molecule has 5 nitrogen and oxygen atoms in total. The number of anilines is 2. The molecule has 0 radical (unpaired) electrons. The van der Waals surface area contributed by atoms with Crippen molar-refractivity contribution < 1.29 is 14.6 Å². The van der Waals surface area contributed by atoms with Gasteiger partial charge in [-0.2, -0.15) is 0 Å². The third kappa shape index (κ3) is 2.98. The summed E-state index contributed by atoms with van der Waals surface area (Å²) in [4.78, 5) is 0. The summed E-state index contributed by atoms with van der Waals surface area (Å²) in [5.41, 5.74) is 7.46. The second-order valence-corrected chi connectivity index (χ2v) is 4.58. The van der Waals surface area contributed by atoms with Gasteiger partial charge < -0.3 is 25.6 Å². The van der Waals surface area contributed by atoms with Crippen LogP contribution in [0, 0.1) is 5.92 Å². The Hall–Kier alpha value is -1.62. The number of nitrogen functional groups attached to an aromatic ring is 1. The van der Waals surface area contributed by atoms with Crippen molar-refractivity contribution in [3.05, 3.63) is 12.1 Å². The zero-order chi connectivity index (χ0) is 13.0. The first-order chi connectivity index (χ1) is 8.70. The minimum absolute atomic E-state index is 0.208. The zero-order valence-corrected chi connectivity index (χ0v) is 10.6. The van der Waals surface area contributed by atoms with E-state index in [-0.39, 0.29) is 6.61 Å². The Morgan fingerprint density at radius 2 is 2.00 bits per heavy atom. The molecule has 1 aliphatic rings. The summed E-state index contributed by atoms with van der Waals surface area (Å²) in [6, 6.07) is 3.66. The molecule has 1 aromatic rings. The molecule has 0 fully saturated rings. The van der Waals surface area contributed by atoms with E-state index < -0.39 is 0 Å². The molecule has 2 rings (SSSR count). The maximum atomic E-state index is 8.86. The normalized spacial score (nSPS) is 15.2. The minimum Gasteiger partial charge on any atom is -0.486 e. The van der Waals surface area contributed by atoms with E-state index in [1.54, 1.807) is 6.07 Å². The minimum atomic E-state index is 0.208. The van der Waals surface area contributed by atoms with Crippen molar-refractivity contribution in [3.8, 4) is 11.5 Å². The predicted octanol–water partition coefficient (Wildman–Crippen LogP) is 1.47. The van der Waals surface area contributed by atoms with Crippen molar-refractivity contribution in [2.75, 3.05) is 37.4 Å². The summed E-state index contributed by atoms with van der Waals surface area (Å²) in [6.07, 6.45) is 0.775. The van der Waals surface area contributed by atoms with E-state index in [0.717, 1.165) is 24.4 Å². The fraction of sp³-hybridized carbons (Fsp3) is 0.538. The van der Waals surface area contributed by atoms with E-state index in [2.05, 4.69) is 12.2 Å². The highest BCUT2D eigenvalue weighted by Crippen LogP contribution is 2.36. The summed E-state index contributed by atoms with van der Waals surface area (Å²) in [7, 11) is 0. The maximum Gasteiger partial charge on any atom is 0.163 e. The van der Waals surface area contributed by atoms with Gasteiger partial charge >= 0.3 is 0 Å². The second kappa shape index (κ2) is 5.82. The van der Waals surface area contributed by atoms with Crippen LogP contribution in [-0.4, -0.2) is 31.5 Å². The van der Waals surface area contributed by atoms with E-state index in [0.29, 0.717) is 30.6 Å². The van der Waals surface area contributed by atoms with Crippen LogP contribution in [0.4, 0.5) is 11.4 Å². The third-order valence-corrected chi connectivity index (χ3v) is 2.98. The lowest BCUT2D eigenvalue weighted by Crippen LogP contribution is -2.17. The summed E-state index contributed by atoms with van der Waals surface area (Å²) in [5, 5.41) is 12.1. The topological polar surface area (TPSA) is 76.7 Å². The number of nitrogens with one attached hydrogen (secondary N) is 1. The van der Waals surface area contributed by atoms with Gasteiger partial charge in [-0.25, -0.2) is 0 Å². The molecule has 0 aromatic heterocycles. The van der Waals surface area contributed by atoms with Crippen LogP contribution in [-0.2, 0) is 0 Å². The quantitative estimate of drug-likeness (QED) is 0.692. The molecule has 0 aliphatic carbocycles. The number of hydrogen-bond acceptors (Lipinski definition) is 5. The molecule has 0 saturated carbocycles. The largest absolute Gasteiger partial charge is 0.486 e. The average molecular weight is 252 g/mol. The molecule has 0 bridgehead atoms. The van der Waals surface area contributed by atoms with Gasteiger partial charge in [-0.1, -0.05) is 6.92 Å². The number of benzene rings is 1. The summed E-state index contributed by atoms with van der Waals surface area (Å²) in [6.45, 7) is 4.19. The van der Waals surface area contributed by atoms with Gasteiger partial charge in [0, 0.05) is 25.3 Å². The number of aliphatic hydroxyl groups excluding tert-OH is 1. The number of nitrogens with two attached hydrogens (primary N) is 1. The molecule has 100 valence electrons. The molecule has 1 heterocycles. The molecule has 4 N–H and O–H groups in total. The molecule has 18 heavy (non-hydrogen) atoms. The lowest BCUT2D eigenvalue weighted by atomic mass is 10.1. The summed E-state index contributed by atoms with van der Waals surface area (Å²) < 4.78 is 11.0. The van der Waals surface area contributed by atoms with Gasteiger partial charge in [-0.05, 0) is 12.3 Å². The van der Waals surface area contributed by atoms with Crippen LogP contribution in [0.1, 0.15) is 13.3 Å². The molecule has 1 aliphatic heterocycles. The van der Waals surface area contributed by atoms with Crippen LogP contribution >= 0.6 is 0 Å². The van der Waals surface area contributed by atoms with E-state index in [1.165, 1.54) is 0 Å². The van der Waals surface area contributed by atoms with Gasteiger partial charge in [0.1, 0.15) is 13.2 Å². The lowest BCUT2D eigenvalue weighted by Gasteiger charge is -2.21. The van der Waals surface area contributed by atoms with Crippen LogP contribution in [0.2, 0.25) is 0 Å². The number of rotatable bonds is 5. The van der Waals surface area contributed by atoms with Crippen molar-refractivity contribution in [1.29, 1.82) is 0 Å². The van der Waals surface area contributed by atoms with Gasteiger partial charge in [0.05, 0.1) is 11.4 Å². The number of ether oxygens (including phenoxy) is 2. The molecule has 0 saturated heterocycles. The van der Waals surface area contributed by atoms with Crippen molar-refractivity contribution in [2.45, 2.75) is 13.3 Å². The molecule has 5 heteroatoms. The van der Waals surface area contributed by atoms with Crippen LogP contribution in [0.3, 0.4) is 0 Å². The highest BCUT2D eigenvalue weighted by molar-refractivity contribution is 5.72. The predicted molar refractivity (Wildman–Crippen MR) is 71.2 cm³/mol. The Bertz CT molecular complexity index is 409. The maximum absolute atomic E-state index is 8.86. The van der Waals surface area contributed by atoms with Crippen molar-refractivity contribution in [3.63, 3.8) is 0 Å².